The Morgan fingerprint density at radius 1 is 0.920 bits per heavy atom. The van der Waals surface area contributed by atoms with Crippen molar-refractivity contribution < 1.29 is 28.6 Å². The van der Waals surface area contributed by atoms with Crippen LogP contribution < -0.4 is 0 Å². The zero-order valence-corrected chi connectivity index (χ0v) is 14.4. The van der Waals surface area contributed by atoms with Gasteiger partial charge in [-0.25, -0.2) is 4.79 Å². The lowest BCUT2D eigenvalue weighted by Crippen LogP contribution is -2.35. The summed E-state index contributed by atoms with van der Waals surface area (Å²) < 4.78 is 15.1. The van der Waals surface area contributed by atoms with Gasteiger partial charge in [0.15, 0.2) is 6.61 Å². The minimum atomic E-state index is -0.588. The number of hydrogen-bond donors (Lipinski definition) is 0. The van der Waals surface area contributed by atoms with Crippen LogP contribution in [0.2, 0.25) is 0 Å². The topological polar surface area (TPSA) is 78.9 Å². The summed E-state index contributed by atoms with van der Waals surface area (Å²) >= 11 is 0. The third-order valence-electron chi connectivity index (χ3n) is 4.23. The second-order valence-corrected chi connectivity index (χ2v) is 6.00. The molecular weight excluding hydrogens is 324 g/mol. The van der Waals surface area contributed by atoms with E-state index in [9.17, 15) is 14.4 Å². The summed E-state index contributed by atoms with van der Waals surface area (Å²) in [5.41, 5.74) is 0.896. The fourth-order valence-corrected chi connectivity index (χ4v) is 2.97. The van der Waals surface area contributed by atoms with Crippen molar-refractivity contribution in [3.8, 4) is 0 Å². The number of carbonyl (C=O) groups excluding carboxylic acids is 3. The van der Waals surface area contributed by atoms with Crippen LogP contribution in [-0.4, -0.2) is 31.1 Å². The number of hydrogen-bond acceptors (Lipinski definition) is 6. The van der Waals surface area contributed by atoms with Gasteiger partial charge in [-0.15, -0.1) is 0 Å². The molecule has 6 heteroatoms. The largest absolute Gasteiger partial charge is 0.463 e. The molecule has 25 heavy (non-hydrogen) atoms. The Morgan fingerprint density at radius 2 is 1.52 bits per heavy atom. The molecule has 0 amide bonds. The van der Waals surface area contributed by atoms with Crippen molar-refractivity contribution in [1.82, 2.24) is 0 Å². The third kappa shape index (κ3) is 5.89. The Hall–Kier alpha value is -2.37. The molecular formula is C19H24O6. The SMILES string of the molecule is CCOC(=O)COC(=O)[C@@H]1CCCC[C@@H]1C(=O)OCc1ccccc1. The van der Waals surface area contributed by atoms with Crippen LogP contribution in [0.4, 0.5) is 0 Å². The van der Waals surface area contributed by atoms with Crippen molar-refractivity contribution >= 4 is 17.9 Å². The summed E-state index contributed by atoms with van der Waals surface area (Å²) in [7, 11) is 0. The van der Waals surface area contributed by atoms with Crippen molar-refractivity contribution in [2.24, 2.45) is 11.8 Å². The van der Waals surface area contributed by atoms with Crippen molar-refractivity contribution in [1.29, 1.82) is 0 Å². The maximum absolute atomic E-state index is 12.4. The molecule has 1 aromatic carbocycles. The molecule has 0 aromatic heterocycles. The summed E-state index contributed by atoms with van der Waals surface area (Å²) in [6, 6.07) is 9.39. The number of ether oxygens (including phenoxy) is 3. The molecule has 0 bridgehead atoms. The molecule has 1 aromatic rings. The summed E-state index contributed by atoms with van der Waals surface area (Å²) in [5.74, 6) is -2.59. The second kappa shape index (κ2) is 9.81. The van der Waals surface area contributed by atoms with E-state index < -0.39 is 30.4 Å². The van der Waals surface area contributed by atoms with Crippen LogP contribution in [0.15, 0.2) is 30.3 Å². The van der Waals surface area contributed by atoms with Gasteiger partial charge < -0.3 is 14.2 Å². The van der Waals surface area contributed by atoms with Crippen LogP contribution in [0, 0.1) is 11.8 Å². The smallest absolute Gasteiger partial charge is 0.344 e. The van der Waals surface area contributed by atoms with Gasteiger partial charge in [0.2, 0.25) is 0 Å². The van der Waals surface area contributed by atoms with Gasteiger partial charge in [-0.3, -0.25) is 9.59 Å². The Labute approximate surface area is 147 Å². The fourth-order valence-electron chi connectivity index (χ4n) is 2.97. The summed E-state index contributed by atoms with van der Waals surface area (Å²) in [4.78, 5) is 36.0. The standard InChI is InChI=1S/C19H24O6/c1-2-23-17(20)13-25-19(22)16-11-7-6-10-15(16)18(21)24-12-14-8-4-3-5-9-14/h3-5,8-9,15-16H,2,6-7,10-13H2,1H3/t15-,16+/m0/s1. The predicted octanol–water partition coefficient (Wildman–Crippen LogP) is 2.64. The first-order valence-electron chi connectivity index (χ1n) is 8.64. The summed E-state index contributed by atoms with van der Waals surface area (Å²) in [5, 5.41) is 0. The van der Waals surface area contributed by atoms with Gasteiger partial charge in [0.25, 0.3) is 0 Å². The Bertz CT molecular complexity index is 583. The molecule has 6 nitrogen and oxygen atoms in total. The van der Waals surface area contributed by atoms with Crippen molar-refractivity contribution in [2.45, 2.75) is 39.2 Å². The predicted molar refractivity (Wildman–Crippen MR) is 89.3 cm³/mol. The fraction of sp³-hybridized carbons (Fsp3) is 0.526. The highest BCUT2D eigenvalue weighted by Gasteiger charge is 2.38. The molecule has 1 fully saturated rings. The molecule has 0 saturated heterocycles. The van der Waals surface area contributed by atoms with Gasteiger partial charge in [0, 0.05) is 0 Å². The number of benzene rings is 1. The highest BCUT2D eigenvalue weighted by Crippen LogP contribution is 2.32. The molecule has 0 aliphatic heterocycles. The minimum Gasteiger partial charge on any atom is -0.463 e. The van der Waals surface area contributed by atoms with E-state index in [4.69, 9.17) is 14.2 Å². The molecule has 2 rings (SSSR count). The lowest BCUT2D eigenvalue weighted by molar-refractivity contribution is -0.168. The summed E-state index contributed by atoms with van der Waals surface area (Å²) in [6.07, 6.45) is 2.87. The van der Waals surface area contributed by atoms with Crippen LogP contribution in [0.1, 0.15) is 38.2 Å². The van der Waals surface area contributed by atoms with Gasteiger partial charge in [-0.2, -0.15) is 0 Å². The van der Waals surface area contributed by atoms with Gasteiger partial charge in [0.05, 0.1) is 18.4 Å². The molecule has 0 N–H and O–H groups in total. The molecule has 0 unspecified atom stereocenters. The minimum absolute atomic E-state index is 0.181. The van der Waals surface area contributed by atoms with Crippen LogP contribution in [0.25, 0.3) is 0 Å². The quantitative estimate of drug-likeness (QED) is 0.557. The van der Waals surface area contributed by atoms with Gasteiger partial charge in [0.1, 0.15) is 6.61 Å². The molecule has 1 saturated carbocycles. The third-order valence-corrected chi connectivity index (χ3v) is 4.23. The second-order valence-electron chi connectivity index (χ2n) is 6.00. The van der Waals surface area contributed by atoms with Crippen LogP contribution in [0.5, 0.6) is 0 Å². The zero-order valence-electron chi connectivity index (χ0n) is 14.4. The van der Waals surface area contributed by atoms with E-state index in [1.807, 2.05) is 30.3 Å². The average Bonchev–Trinajstić information content (AvgIpc) is 2.65. The van der Waals surface area contributed by atoms with E-state index in [0.717, 1.165) is 18.4 Å². The van der Waals surface area contributed by atoms with Crippen LogP contribution in [0.3, 0.4) is 0 Å². The Balaban J connectivity index is 1.88. The average molecular weight is 348 g/mol. The highest BCUT2D eigenvalue weighted by molar-refractivity contribution is 5.83. The zero-order chi connectivity index (χ0) is 18.1. The van der Waals surface area contributed by atoms with E-state index in [1.54, 1.807) is 6.92 Å². The highest BCUT2D eigenvalue weighted by atomic mass is 16.6. The first kappa shape index (κ1) is 19.0. The van der Waals surface area contributed by atoms with Crippen molar-refractivity contribution in [3.05, 3.63) is 35.9 Å². The summed E-state index contributed by atoms with van der Waals surface area (Å²) in [6.45, 7) is 1.67. The van der Waals surface area contributed by atoms with Crippen molar-refractivity contribution in [3.63, 3.8) is 0 Å². The molecule has 0 heterocycles. The maximum atomic E-state index is 12.4. The number of rotatable bonds is 7. The van der Waals surface area contributed by atoms with E-state index in [0.29, 0.717) is 12.8 Å². The van der Waals surface area contributed by atoms with Crippen LogP contribution in [-0.2, 0) is 35.2 Å². The molecule has 1 aliphatic rings. The number of carbonyl (C=O) groups is 3. The Morgan fingerprint density at radius 3 is 2.12 bits per heavy atom. The van der Waals surface area contributed by atoms with Gasteiger partial charge in [-0.1, -0.05) is 43.2 Å². The molecule has 2 atom stereocenters. The van der Waals surface area contributed by atoms with Gasteiger partial charge in [-0.05, 0) is 25.3 Å². The molecule has 0 radical (unpaired) electrons. The first-order valence-corrected chi connectivity index (χ1v) is 8.64. The number of esters is 3. The lowest BCUT2D eigenvalue weighted by atomic mass is 9.79. The van der Waals surface area contributed by atoms with Gasteiger partial charge >= 0.3 is 17.9 Å². The monoisotopic (exact) mass is 348 g/mol. The molecule has 0 spiro atoms. The maximum Gasteiger partial charge on any atom is 0.344 e. The van der Waals surface area contributed by atoms with E-state index >= 15 is 0 Å². The van der Waals surface area contributed by atoms with Crippen molar-refractivity contribution in [2.75, 3.05) is 13.2 Å². The van der Waals surface area contributed by atoms with E-state index in [2.05, 4.69) is 0 Å². The normalized spacial score (nSPS) is 19.7. The van der Waals surface area contributed by atoms with E-state index in [-0.39, 0.29) is 19.2 Å². The van der Waals surface area contributed by atoms with E-state index in [1.165, 1.54) is 0 Å². The lowest BCUT2D eigenvalue weighted by Gasteiger charge is -2.28. The molecule has 136 valence electrons. The van der Waals surface area contributed by atoms with Crippen LogP contribution >= 0.6 is 0 Å². The first-order chi connectivity index (χ1) is 12.1. The Kier molecular flexibility index (Phi) is 7.44. The molecule has 1 aliphatic carbocycles.